The van der Waals surface area contributed by atoms with Gasteiger partial charge in [0, 0.05) is 16.8 Å². The number of amides is 1. The lowest BCUT2D eigenvalue weighted by atomic mass is 10.1. The zero-order valence-corrected chi connectivity index (χ0v) is 15.9. The molecule has 0 aliphatic heterocycles. The molecule has 0 bridgehead atoms. The number of carbonyl (C=O) groups excluding carboxylic acids is 1. The second-order valence-corrected chi connectivity index (χ2v) is 5.75. The van der Waals surface area contributed by atoms with Crippen LogP contribution in [0, 0.1) is 0 Å². The van der Waals surface area contributed by atoms with Crippen LogP contribution in [0.2, 0.25) is 0 Å². The number of hydrogen-bond acceptors (Lipinski definition) is 6. The first-order valence-electron chi connectivity index (χ1n) is 8.50. The summed E-state index contributed by atoms with van der Waals surface area (Å²) in [6.07, 6.45) is 1.49. The van der Waals surface area contributed by atoms with Crippen LogP contribution >= 0.6 is 0 Å². The summed E-state index contributed by atoms with van der Waals surface area (Å²) in [6, 6.07) is 10.3. The standard InChI is InChI=1S/C20H24N2O5/c1-5-7-16(22-24)13-8-6-9-15(10-13)21-20(23)14-11-17(25-2)19(27-4)18(12-14)26-3/h6,8-12,24H,5,7H2,1-4H3,(H,21,23)/b22-16+. The number of rotatable bonds is 8. The molecule has 1 amide bonds. The van der Waals surface area contributed by atoms with Gasteiger partial charge in [0.1, 0.15) is 0 Å². The molecule has 0 unspecified atom stereocenters. The van der Waals surface area contributed by atoms with Crippen LogP contribution in [-0.2, 0) is 0 Å². The monoisotopic (exact) mass is 372 g/mol. The van der Waals surface area contributed by atoms with E-state index in [2.05, 4.69) is 10.5 Å². The Kier molecular flexibility index (Phi) is 7.05. The second-order valence-electron chi connectivity index (χ2n) is 5.75. The van der Waals surface area contributed by atoms with Crippen LogP contribution in [0.5, 0.6) is 17.2 Å². The van der Waals surface area contributed by atoms with Gasteiger partial charge in [-0.25, -0.2) is 0 Å². The van der Waals surface area contributed by atoms with E-state index in [4.69, 9.17) is 14.2 Å². The van der Waals surface area contributed by atoms with E-state index < -0.39 is 0 Å². The summed E-state index contributed by atoms with van der Waals surface area (Å²) in [5.41, 5.74) is 2.27. The molecule has 0 radical (unpaired) electrons. The van der Waals surface area contributed by atoms with Gasteiger partial charge >= 0.3 is 0 Å². The van der Waals surface area contributed by atoms with Gasteiger partial charge in [-0.05, 0) is 30.7 Å². The van der Waals surface area contributed by atoms with E-state index in [-0.39, 0.29) is 5.91 Å². The Morgan fingerprint density at radius 3 is 2.22 bits per heavy atom. The minimum absolute atomic E-state index is 0.329. The van der Waals surface area contributed by atoms with Crippen LogP contribution in [0.3, 0.4) is 0 Å². The number of oxime groups is 1. The van der Waals surface area contributed by atoms with Crippen LogP contribution in [-0.4, -0.2) is 38.2 Å². The molecule has 7 heteroatoms. The molecular formula is C20H24N2O5. The number of benzene rings is 2. The maximum atomic E-state index is 12.7. The van der Waals surface area contributed by atoms with E-state index in [1.54, 1.807) is 30.3 Å². The molecule has 0 spiro atoms. The van der Waals surface area contributed by atoms with Crippen LogP contribution in [0.4, 0.5) is 5.69 Å². The molecule has 2 aromatic carbocycles. The summed E-state index contributed by atoms with van der Waals surface area (Å²) < 4.78 is 15.8. The third-order valence-corrected chi connectivity index (χ3v) is 3.99. The number of anilines is 1. The van der Waals surface area contributed by atoms with Crippen molar-refractivity contribution in [1.29, 1.82) is 0 Å². The highest BCUT2D eigenvalue weighted by atomic mass is 16.5. The Morgan fingerprint density at radius 2 is 1.70 bits per heavy atom. The van der Waals surface area contributed by atoms with Crippen molar-refractivity contribution in [3.8, 4) is 17.2 Å². The largest absolute Gasteiger partial charge is 0.493 e. The van der Waals surface area contributed by atoms with E-state index in [9.17, 15) is 10.0 Å². The average Bonchev–Trinajstić information content (AvgIpc) is 2.70. The van der Waals surface area contributed by atoms with E-state index >= 15 is 0 Å². The van der Waals surface area contributed by atoms with E-state index in [1.807, 2.05) is 13.0 Å². The molecule has 0 saturated heterocycles. The van der Waals surface area contributed by atoms with Gasteiger partial charge in [-0.15, -0.1) is 0 Å². The number of nitrogens with one attached hydrogen (secondary N) is 1. The van der Waals surface area contributed by atoms with Crippen LogP contribution < -0.4 is 19.5 Å². The third kappa shape index (κ3) is 4.69. The summed E-state index contributed by atoms with van der Waals surface area (Å²) in [4.78, 5) is 12.7. The molecule has 0 atom stereocenters. The predicted octanol–water partition coefficient (Wildman–Crippen LogP) is 3.94. The highest BCUT2D eigenvalue weighted by Gasteiger charge is 2.17. The normalized spacial score (nSPS) is 11.0. The lowest BCUT2D eigenvalue weighted by molar-refractivity contribution is 0.102. The number of carbonyl (C=O) groups is 1. The molecule has 0 aliphatic carbocycles. The van der Waals surface area contributed by atoms with Crippen molar-refractivity contribution in [3.63, 3.8) is 0 Å². The van der Waals surface area contributed by atoms with Gasteiger partial charge in [0.05, 0.1) is 27.0 Å². The van der Waals surface area contributed by atoms with Gasteiger partial charge < -0.3 is 24.7 Å². The summed E-state index contributed by atoms with van der Waals surface area (Å²) in [7, 11) is 4.49. The maximum absolute atomic E-state index is 12.7. The van der Waals surface area contributed by atoms with Crippen molar-refractivity contribution in [1.82, 2.24) is 0 Å². The number of hydrogen-bond donors (Lipinski definition) is 2. The molecule has 0 fully saturated rings. The van der Waals surface area contributed by atoms with Gasteiger partial charge in [-0.2, -0.15) is 0 Å². The summed E-state index contributed by atoms with van der Waals surface area (Å²) in [5.74, 6) is 0.882. The van der Waals surface area contributed by atoms with Crippen molar-refractivity contribution < 1.29 is 24.2 Å². The first kappa shape index (κ1) is 20.1. The Morgan fingerprint density at radius 1 is 1.04 bits per heavy atom. The fourth-order valence-corrected chi connectivity index (χ4v) is 2.68. The molecule has 2 rings (SSSR count). The SMILES string of the molecule is CCC/C(=N\O)c1cccc(NC(=O)c2cc(OC)c(OC)c(OC)c2)c1. The highest BCUT2D eigenvalue weighted by Crippen LogP contribution is 2.38. The van der Waals surface area contributed by atoms with Crippen LogP contribution in [0.15, 0.2) is 41.6 Å². The molecule has 0 aromatic heterocycles. The van der Waals surface area contributed by atoms with Crippen LogP contribution in [0.1, 0.15) is 35.7 Å². The first-order chi connectivity index (χ1) is 13.1. The van der Waals surface area contributed by atoms with E-state index in [0.29, 0.717) is 40.6 Å². The lowest BCUT2D eigenvalue weighted by Crippen LogP contribution is -2.13. The Hall–Kier alpha value is -3.22. The Bertz CT molecular complexity index is 808. The second kappa shape index (κ2) is 9.47. The molecule has 0 saturated carbocycles. The molecule has 0 aliphatic rings. The summed E-state index contributed by atoms with van der Waals surface area (Å²) in [6.45, 7) is 2.00. The minimum atomic E-state index is -0.329. The number of nitrogens with zero attached hydrogens (tertiary/aromatic N) is 1. The predicted molar refractivity (Wildman–Crippen MR) is 104 cm³/mol. The molecular weight excluding hydrogens is 348 g/mol. The van der Waals surface area contributed by atoms with Crippen molar-refractivity contribution in [2.45, 2.75) is 19.8 Å². The van der Waals surface area contributed by atoms with Crippen molar-refractivity contribution >= 4 is 17.3 Å². The third-order valence-electron chi connectivity index (χ3n) is 3.99. The minimum Gasteiger partial charge on any atom is -0.493 e. The molecule has 27 heavy (non-hydrogen) atoms. The van der Waals surface area contributed by atoms with Crippen molar-refractivity contribution in [2.24, 2.45) is 5.16 Å². The van der Waals surface area contributed by atoms with Crippen LogP contribution in [0.25, 0.3) is 0 Å². The number of methoxy groups -OCH3 is 3. The van der Waals surface area contributed by atoms with Crippen molar-refractivity contribution in [3.05, 3.63) is 47.5 Å². The average molecular weight is 372 g/mol. The zero-order valence-electron chi connectivity index (χ0n) is 15.9. The zero-order chi connectivity index (χ0) is 19.8. The van der Waals surface area contributed by atoms with Gasteiger partial charge in [0.2, 0.25) is 5.75 Å². The van der Waals surface area contributed by atoms with Gasteiger partial charge in [-0.1, -0.05) is 30.6 Å². The Balaban J connectivity index is 2.30. The summed E-state index contributed by atoms with van der Waals surface area (Å²) in [5, 5.41) is 15.4. The molecule has 0 heterocycles. The van der Waals surface area contributed by atoms with Gasteiger partial charge in [0.15, 0.2) is 11.5 Å². The van der Waals surface area contributed by atoms with Crippen molar-refractivity contribution in [2.75, 3.05) is 26.6 Å². The first-order valence-corrected chi connectivity index (χ1v) is 8.50. The Labute approximate surface area is 158 Å². The highest BCUT2D eigenvalue weighted by molar-refractivity contribution is 6.06. The molecule has 7 nitrogen and oxygen atoms in total. The fourth-order valence-electron chi connectivity index (χ4n) is 2.68. The van der Waals surface area contributed by atoms with E-state index in [1.165, 1.54) is 21.3 Å². The number of ether oxygens (including phenoxy) is 3. The lowest BCUT2D eigenvalue weighted by Gasteiger charge is -2.14. The maximum Gasteiger partial charge on any atom is 0.255 e. The topological polar surface area (TPSA) is 89.4 Å². The fraction of sp³-hybridized carbons (Fsp3) is 0.300. The van der Waals surface area contributed by atoms with Gasteiger partial charge in [-0.3, -0.25) is 4.79 Å². The summed E-state index contributed by atoms with van der Waals surface area (Å²) >= 11 is 0. The molecule has 2 aromatic rings. The molecule has 144 valence electrons. The molecule has 2 N–H and O–H groups in total. The quantitative estimate of drug-likeness (QED) is 0.416. The van der Waals surface area contributed by atoms with E-state index in [0.717, 1.165) is 12.0 Å². The van der Waals surface area contributed by atoms with Gasteiger partial charge in [0.25, 0.3) is 5.91 Å². The smallest absolute Gasteiger partial charge is 0.255 e.